The van der Waals surface area contributed by atoms with Gasteiger partial charge in [0.1, 0.15) is 11.0 Å². The van der Waals surface area contributed by atoms with Gasteiger partial charge in [-0.25, -0.2) is 9.97 Å². The molecule has 3 nitrogen and oxygen atoms in total. The van der Waals surface area contributed by atoms with Gasteiger partial charge in [0.25, 0.3) is 0 Å². The summed E-state index contributed by atoms with van der Waals surface area (Å²) in [6.45, 7) is 1.58. The number of halogens is 1. The highest BCUT2D eigenvalue weighted by Crippen LogP contribution is 2.22. The van der Waals surface area contributed by atoms with E-state index < -0.39 is 0 Å². The normalized spacial score (nSPS) is 23.0. The van der Waals surface area contributed by atoms with Gasteiger partial charge in [-0.1, -0.05) is 11.6 Å². The minimum atomic E-state index is 0.326. The summed E-state index contributed by atoms with van der Waals surface area (Å²) in [5, 5.41) is 0.510. The molecule has 1 fully saturated rings. The molecule has 0 saturated carbocycles. The van der Waals surface area contributed by atoms with Crippen molar-refractivity contribution in [3.05, 3.63) is 23.2 Å². The molecule has 1 aliphatic heterocycles. The van der Waals surface area contributed by atoms with E-state index in [0.717, 1.165) is 31.9 Å². The van der Waals surface area contributed by atoms with Crippen molar-refractivity contribution < 1.29 is 4.74 Å². The van der Waals surface area contributed by atoms with Crippen LogP contribution in [0.2, 0.25) is 5.15 Å². The molecule has 2 rings (SSSR count). The van der Waals surface area contributed by atoms with Crippen molar-refractivity contribution in [2.24, 2.45) is 0 Å². The number of ether oxygens (including phenoxy) is 1. The Labute approximate surface area is 82.1 Å². The first-order valence-electron chi connectivity index (χ1n) is 4.42. The zero-order chi connectivity index (χ0) is 9.10. The molecule has 1 saturated heterocycles. The maximum Gasteiger partial charge on any atom is 0.135 e. The summed E-state index contributed by atoms with van der Waals surface area (Å²) in [5.74, 6) is 1.14. The van der Waals surface area contributed by atoms with Crippen molar-refractivity contribution in [2.75, 3.05) is 13.2 Å². The van der Waals surface area contributed by atoms with Gasteiger partial charge in [0, 0.05) is 18.7 Å². The second-order valence-corrected chi connectivity index (χ2v) is 3.54. The van der Waals surface area contributed by atoms with Gasteiger partial charge >= 0.3 is 0 Å². The van der Waals surface area contributed by atoms with Crippen molar-refractivity contribution in [2.45, 2.75) is 18.8 Å². The molecule has 1 aliphatic rings. The van der Waals surface area contributed by atoms with E-state index in [1.807, 2.05) is 0 Å². The predicted molar refractivity (Wildman–Crippen MR) is 49.8 cm³/mol. The summed E-state index contributed by atoms with van der Waals surface area (Å²) < 4.78 is 5.35. The zero-order valence-electron chi connectivity index (χ0n) is 7.24. The topological polar surface area (TPSA) is 35.0 Å². The smallest absolute Gasteiger partial charge is 0.135 e. The van der Waals surface area contributed by atoms with Crippen LogP contribution in [-0.2, 0) is 4.74 Å². The monoisotopic (exact) mass is 198 g/mol. The highest BCUT2D eigenvalue weighted by molar-refractivity contribution is 6.29. The van der Waals surface area contributed by atoms with Crippen LogP contribution < -0.4 is 0 Å². The molecular weight excluding hydrogens is 188 g/mol. The van der Waals surface area contributed by atoms with E-state index in [1.165, 1.54) is 0 Å². The van der Waals surface area contributed by atoms with E-state index in [-0.39, 0.29) is 0 Å². The van der Waals surface area contributed by atoms with E-state index in [2.05, 4.69) is 9.97 Å². The number of hydrogen-bond donors (Lipinski definition) is 0. The third-order valence-corrected chi connectivity index (χ3v) is 2.38. The van der Waals surface area contributed by atoms with E-state index in [1.54, 1.807) is 12.3 Å². The van der Waals surface area contributed by atoms with Crippen LogP contribution in [0.5, 0.6) is 0 Å². The van der Waals surface area contributed by atoms with Gasteiger partial charge < -0.3 is 4.74 Å². The number of hydrogen-bond acceptors (Lipinski definition) is 3. The number of nitrogens with zero attached hydrogens (tertiary/aromatic N) is 2. The number of aromatic nitrogens is 2. The van der Waals surface area contributed by atoms with Gasteiger partial charge in [-0.05, 0) is 18.9 Å². The lowest BCUT2D eigenvalue weighted by Gasteiger charge is -2.20. The van der Waals surface area contributed by atoms with Crippen LogP contribution in [0, 0.1) is 0 Å². The Morgan fingerprint density at radius 2 is 2.46 bits per heavy atom. The fourth-order valence-corrected chi connectivity index (χ4v) is 1.63. The van der Waals surface area contributed by atoms with Crippen molar-refractivity contribution in [1.82, 2.24) is 9.97 Å². The molecule has 0 N–H and O–H groups in total. The fraction of sp³-hybridized carbons (Fsp3) is 0.556. The van der Waals surface area contributed by atoms with E-state index >= 15 is 0 Å². The highest BCUT2D eigenvalue weighted by atomic mass is 35.5. The van der Waals surface area contributed by atoms with Crippen LogP contribution >= 0.6 is 11.6 Å². The Hall–Kier alpha value is -0.670. The van der Waals surface area contributed by atoms with Crippen molar-refractivity contribution >= 4 is 11.6 Å². The Kier molecular flexibility index (Phi) is 2.76. The van der Waals surface area contributed by atoms with Crippen LogP contribution in [0.4, 0.5) is 0 Å². The second kappa shape index (κ2) is 4.03. The predicted octanol–water partition coefficient (Wildman–Crippen LogP) is 2.02. The summed E-state index contributed by atoms with van der Waals surface area (Å²) in [4.78, 5) is 8.36. The van der Waals surface area contributed by atoms with Gasteiger partial charge in [-0.2, -0.15) is 0 Å². The van der Waals surface area contributed by atoms with Gasteiger partial charge in [0.05, 0.1) is 6.61 Å². The van der Waals surface area contributed by atoms with Crippen LogP contribution in [-0.4, -0.2) is 23.2 Å². The first kappa shape index (κ1) is 8.91. The van der Waals surface area contributed by atoms with Crippen LogP contribution in [0.15, 0.2) is 12.3 Å². The summed E-state index contributed by atoms with van der Waals surface area (Å²) in [7, 11) is 0. The molecule has 0 aromatic carbocycles. The van der Waals surface area contributed by atoms with Crippen LogP contribution in [0.25, 0.3) is 0 Å². The Bertz CT molecular complexity index is 287. The van der Waals surface area contributed by atoms with Gasteiger partial charge in [0.2, 0.25) is 0 Å². The maximum absolute atomic E-state index is 5.77. The van der Waals surface area contributed by atoms with Gasteiger partial charge in [-0.15, -0.1) is 0 Å². The summed E-state index contributed by atoms with van der Waals surface area (Å²) >= 11 is 5.77. The van der Waals surface area contributed by atoms with Crippen LogP contribution in [0.1, 0.15) is 24.6 Å². The maximum atomic E-state index is 5.77. The fourth-order valence-electron chi connectivity index (χ4n) is 1.49. The van der Waals surface area contributed by atoms with Crippen molar-refractivity contribution in [3.8, 4) is 0 Å². The molecule has 0 amide bonds. The SMILES string of the molecule is Clc1ccnc(C2CCCOC2)n1. The molecule has 0 bridgehead atoms. The lowest BCUT2D eigenvalue weighted by molar-refractivity contribution is 0.0780. The molecule has 0 radical (unpaired) electrons. The molecule has 0 aliphatic carbocycles. The molecule has 0 spiro atoms. The largest absolute Gasteiger partial charge is 0.381 e. The summed E-state index contributed by atoms with van der Waals surface area (Å²) in [5.41, 5.74) is 0. The lowest BCUT2D eigenvalue weighted by atomic mass is 10.0. The minimum absolute atomic E-state index is 0.326. The molecule has 1 atom stereocenters. The molecular formula is C9H11ClN2O. The van der Waals surface area contributed by atoms with E-state index in [0.29, 0.717) is 11.1 Å². The molecule has 4 heteroatoms. The van der Waals surface area contributed by atoms with Gasteiger partial charge in [0.15, 0.2) is 0 Å². The average molecular weight is 199 g/mol. The Balaban J connectivity index is 2.14. The Morgan fingerprint density at radius 3 is 3.15 bits per heavy atom. The molecule has 1 unspecified atom stereocenters. The summed E-state index contributed by atoms with van der Waals surface area (Å²) in [6, 6.07) is 1.69. The third kappa shape index (κ3) is 2.17. The minimum Gasteiger partial charge on any atom is -0.381 e. The van der Waals surface area contributed by atoms with Gasteiger partial charge in [-0.3, -0.25) is 0 Å². The van der Waals surface area contributed by atoms with Crippen molar-refractivity contribution in [3.63, 3.8) is 0 Å². The lowest BCUT2D eigenvalue weighted by Crippen LogP contribution is -2.17. The quantitative estimate of drug-likeness (QED) is 0.648. The first-order valence-corrected chi connectivity index (χ1v) is 4.80. The standard InChI is InChI=1S/C9H11ClN2O/c10-8-3-4-11-9(12-8)7-2-1-5-13-6-7/h3-4,7H,1-2,5-6H2. The highest BCUT2D eigenvalue weighted by Gasteiger charge is 2.18. The molecule has 70 valence electrons. The summed E-state index contributed by atoms with van der Waals surface area (Å²) in [6.07, 6.45) is 3.88. The van der Waals surface area contributed by atoms with Crippen LogP contribution in [0.3, 0.4) is 0 Å². The number of rotatable bonds is 1. The Morgan fingerprint density at radius 1 is 1.54 bits per heavy atom. The zero-order valence-corrected chi connectivity index (χ0v) is 8.00. The average Bonchev–Trinajstić information content (AvgIpc) is 2.19. The molecule has 13 heavy (non-hydrogen) atoms. The van der Waals surface area contributed by atoms with E-state index in [4.69, 9.17) is 16.3 Å². The third-order valence-electron chi connectivity index (χ3n) is 2.17. The molecule has 1 aromatic heterocycles. The molecule has 2 heterocycles. The second-order valence-electron chi connectivity index (χ2n) is 3.15. The first-order chi connectivity index (χ1) is 6.36. The van der Waals surface area contributed by atoms with E-state index in [9.17, 15) is 0 Å². The molecule has 1 aromatic rings. The van der Waals surface area contributed by atoms with Crippen molar-refractivity contribution in [1.29, 1.82) is 0 Å².